The summed E-state index contributed by atoms with van der Waals surface area (Å²) in [5, 5.41) is 7.41. The molecule has 0 fully saturated rings. The van der Waals surface area contributed by atoms with Crippen LogP contribution in [0, 0.1) is 13.8 Å². The van der Waals surface area contributed by atoms with Crippen molar-refractivity contribution in [1.29, 1.82) is 0 Å². The minimum absolute atomic E-state index is 0.170. The monoisotopic (exact) mass is 480 g/mol. The molecular weight excluding hydrogens is 452 g/mol. The highest BCUT2D eigenvalue weighted by Crippen LogP contribution is 2.38. The van der Waals surface area contributed by atoms with Gasteiger partial charge in [-0.25, -0.2) is 4.79 Å². The summed E-state index contributed by atoms with van der Waals surface area (Å²) in [7, 11) is 1.62. The minimum atomic E-state index is -0.425. The van der Waals surface area contributed by atoms with E-state index in [9.17, 15) is 4.79 Å². The normalized spacial score (nSPS) is 15.7. The van der Waals surface area contributed by atoms with Gasteiger partial charge in [-0.15, -0.1) is 0 Å². The first-order chi connectivity index (χ1) is 17.4. The molecule has 2 heterocycles. The summed E-state index contributed by atoms with van der Waals surface area (Å²) in [6, 6.07) is 23.2. The summed E-state index contributed by atoms with van der Waals surface area (Å²) < 4.78 is 11.1. The highest BCUT2D eigenvalue weighted by atomic mass is 16.5. The van der Waals surface area contributed by atoms with Crippen LogP contribution in [0.1, 0.15) is 41.1 Å². The molecule has 1 aliphatic rings. The van der Waals surface area contributed by atoms with E-state index < -0.39 is 6.04 Å². The standard InChI is InChI=1S/C29H28N4O3/c1-18-11-13-22(14-12-18)26-25(28-31-27(32-36-28)23-9-6-10-24(16-23)35-4)20(3)33(29(34)30-26)17-21-8-5-7-19(2)15-21/h5-16,26H,17H2,1-4H3,(H,30,34). The zero-order valence-electron chi connectivity index (χ0n) is 20.8. The topological polar surface area (TPSA) is 80.5 Å². The van der Waals surface area contributed by atoms with Gasteiger partial charge in [-0.1, -0.05) is 76.9 Å². The fourth-order valence-electron chi connectivity index (χ4n) is 4.46. The smallest absolute Gasteiger partial charge is 0.322 e. The van der Waals surface area contributed by atoms with Crippen LogP contribution in [0.4, 0.5) is 4.79 Å². The van der Waals surface area contributed by atoms with Gasteiger partial charge in [0.05, 0.1) is 25.3 Å². The third kappa shape index (κ3) is 4.60. The van der Waals surface area contributed by atoms with Crippen molar-refractivity contribution in [3.05, 3.63) is 107 Å². The maximum absolute atomic E-state index is 13.3. The van der Waals surface area contributed by atoms with Crippen LogP contribution in [0.3, 0.4) is 0 Å². The van der Waals surface area contributed by atoms with Crippen LogP contribution in [0.5, 0.6) is 5.75 Å². The fourth-order valence-corrected chi connectivity index (χ4v) is 4.46. The van der Waals surface area contributed by atoms with E-state index in [1.54, 1.807) is 12.0 Å². The van der Waals surface area contributed by atoms with Gasteiger partial charge >= 0.3 is 6.03 Å². The number of carbonyl (C=O) groups is 1. The Kier molecular flexibility index (Phi) is 6.29. The van der Waals surface area contributed by atoms with Crippen LogP contribution in [0.25, 0.3) is 17.0 Å². The van der Waals surface area contributed by atoms with Crippen LogP contribution in [-0.2, 0) is 6.54 Å². The van der Waals surface area contributed by atoms with Crippen LogP contribution in [-0.4, -0.2) is 28.2 Å². The second-order valence-electron chi connectivity index (χ2n) is 9.02. The number of allylic oxidation sites excluding steroid dienone is 1. The minimum Gasteiger partial charge on any atom is -0.497 e. The quantitative estimate of drug-likeness (QED) is 0.363. The van der Waals surface area contributed by atoms with Crippen molar-refractivity contribution in [3.63, 3.8) is 0 Å². The Morgan fingerprint density at radius 2 is 1.75 bits per heavy atom. The van der Waals surface area contributed by atoms with Gasteiger partial charge < -0.3 is 14.6 Å². The number of aryl methyl sites for hydroxylation is 2. The Labute approximate surface area is 210 Å². The first kappa shape index (κ1) is 23.4. The Morgan fingerprint density at radius 3 is 2.50 bits per heavy atom. The number of hydrogen-bond donors (Lipinski definition) is 1. The van der Waals surface area contributed by atoms with Gasteiger partial charge in [0.1, 0.15) is 5.75 Å². The maximum atomic E-state index is 13.3. The van der Waals surface area contributed by atoms with Crippen molar-refractivity contribution in [2.45, 2.75) is 33.4 Å². The average molecular weight is 481 g/mol. The van der Waals surface area contributed by atoms with E-state index in [-0.39, 0.29) is 6.03 Å². The lowest BCUT2D eigenvalue weighted by atomic mass is 9.94. The van der Waals surface area contributed by atoms with E-state index in [0.717, 1.165) is 39.1 Å². The first-order valence-electron chi connectivity index (χ1n) is 11.8. The Hall–Kier alpha value is -4.39. The van der Waals surface area contributed by atoms with E-state index in [4.69, 9.17) is 14.2 Å². The Bertz CT molecular complexity index is 1440. The zero-order valence-corrected chi connectivity index (χ0v) is 20.8. The lowest BCUT2D eigenvalue weighted by Gasteiger charge is -2.35. The highest BCUT2D eigenvalue weighted by Gasteiger charge is 2.35. The van der Waals surface area contributed by atoms with Crippen molar-refractivity contribution in [2.75, 3.05) is 7.11 Å². The maximum Gasteiger partial charge on any atom is 0.322 e. The number of urea groups is 1. The fraction of sp³-hybridized carbons (Fsp3) is 0.207. The van der Waals surface area contributed by atoms with E-state index in [2.05, 4.69) is 16.5 Å². The molecule has 1 aliphatic heterocycles. The van der Waals surface area contributed by atoms with Crippen LogP contribution in [0.15, 0.2) is 83.0 Å². The molecule has 36 heavy (non-hydrogen) atoms. The zero-order chi connectivity index (χ0) is 25.2. The number of aromatic nitrogens is 2. The SMILES string of the molecule is COc1cccc(-c2noc(C3=C(C)N(Cc4cccc(C)c4)C(=O)NC3c3ccc(C)cc3)n2)c1. The molecule has 7 heteroatoms. The second kappa shape index (κ2) is 9.70. The van der Waals surface area contributed by atoms with Gasteiger partial charge in [0.25, 0.3) is 5.89 Å². The molecule has 1 aromatic heterocycles. The van der Waals surface area contributed by atoms with Gasteiger partial charge in [0.2, 0.25) is 5.82 Å². The Balaban J connectivity index is 1.59. The molecule has 1 N–H and O–H groups in total. The van der Waals surface area contributed by atoms with E-state index in [1.165, 1.54) is 0 Å². The van der Waals surface area contributed by atoms with Crippen molar-refractivity contribution >= 4 is 11.6 Å². The summed E-state index contributed by atoms with van der Waals surface area (Å²) >= 11 is 0. The molecule has 0 radical (unpaired) electrons. The first-order valence-corrected chi connectivity index (χ1v) is 11.8. The summed E-state index contributed by atoms with van der Waals surface area (Å²) in [6.07, 6.45) is 0. The molecule has 0 aliphatic carbocycles. The number of carbonyl (C=O) groups excluding carboxylic acids is 1. The molecule has 3 aromatic carbocycles. The van der Waals surface area contributed by atoms with Gasteiger partial charge in [0, 0.05) is 11.3 Å². The molecule has 0 saturated heterocycles. The highest BCUT2D eigenvalue weighted by molar-refractivity contribution is 5.87. The number of ether oxygens (including phenoxy) is 1. The van der Waals surface area contributed by atoms with Crippen molar-refractivity contribution in [1.82, 2.24) is 20.4 Å². The molecule has 0 spiro atoms. The van der Waals surface area contributed by atoms with Gasteiger partial charge in [-0.05, 0) is 44.0 Å². The molecule has 0 saturated carbocycles. The van der Waals surface area contributed by atoms with Crippen molar-refractivity contribution in [3.8, 4) is 17.1 Å². The largest absolute Gasteiger partial charge is 0.497 e. The number of hydrogen-bond acceptors (Lipinski definition) is 5. The lowest BCUT2D eigenvalue weighted by Crippen LogP contribution is -2.45. The number of rotatable bonds is 6. The van der Waals surface area contributed by atoms with Crippen LogP contribution in [0.2, 0.25) is 0 Å². The summed E-state index contributed by atoms with van der Waals surface area (Å²) in [5.74, 6) is 1.53. The number of methoxy groups -OCH3 is 1. The summed E-state index contributed by atoms with van der Waals surface area (Å²) in [4.78, 5) is 19.8. The third-order valence-corrected chi connectivity index (χ3v) is 6.41. The second-order valence-corrected chi connectivity index (χ2v) is 9.02. The predicted molar refractivity (Wildman–Crippen MR) is 138 cm³/mol. The molecule has 7 nitrogen and oxygen atoms in total. The average Bonchev–Trinajstić information content (AvgIpc) is 3.36. The third-order valence-electron chi connectivity index (χ3n) is 6.41. The van der Waals surface area contributed by atoms with E-state index >= 15 is 0 Å². The van der Waals surface area contributed by atoms with Crippen molar-refractivity contribution in [2.24, 2.45) is 0 Å². The molecule has 4 aromatic rings. The van der Waals surface area contributed by atoms with Gasteiger partial charge in [-0.3, -0.25) is 4.90 Å². The molecule has 1 atom stereocenters. The number of nitrogens with zero attached hydrogens (tertiary/aromatic N) is 3. The number of nitrogens with one attached hydrogen (secondary N) is 1. The van der Waals surface area contributed by atoms with E-state index in [0.29, 0.717) is 24.0 Å². The van der Waals surface area contributed by atoms with E-state index in [1.807, 2.05) is 87.5 Å². The predicted octanol–water partition coefficient (Wildman–Crippen LogP) is 6.06. The molecule has 2 amide bonds. The molecule has 0 bridgehead atoms. The summed E-state index contributed by atoms with van der Waals surface area (Å²) in [6.45, 7) is 6.44. The molecule has 5 rings (SSSR count). The van der Waals surface area contributed by atoms with Gasteiger partial charge in [-0.2, -0.15) is 4.98 Å². The number of amides is 2. The van der Waals surface area contributed by atoms with Crippen molar-refractivity contribution < 1.29 is 14.1 Å². The molecule has 182 valence electrons. The summed E-state index contributed by atoms with van der Waals surface area (Å²) in [5.41, 5.74) is 6.59. The lowest BCUT2D eigenvalue weighted by molar-refractivity contribution is 0.203. The van der Waals surface area contributed by atoms with Crippen LogP contribution < -0.4 is 10.1 Å². The number of benzene rings is 3. The van der Waals surface area contributed by atoms with Gasteiger partial charge in [0.15, 0.2) is 0 Å². The van der Waals surface area contributed by atoms with Crippen LogP contribution >= 0.6 is 0 Å². The molecular formula is C29H28N4O3. The molecule has 1 unspecified atom stereocenters. The Morgan fingerprint density at radius 1 is 0.972 bits per heavy atom.